The molecule has 32 heavy (non-hydrogen) atoms. The summed E-state index contributed by atoms with van der Waals surface area (Å²) in [5, 5.41) is 19.0. The van der Waals surface area contributed by atoms with Crippen LogP contribution in [0.4, 0.5) is 5.69 Å². The van der Waals surface area contributed by atoms with E-state index in [-0.39, 0.29) is 11.7 Å². The van der Waals surface area contributed by atoms with Gasteiger partial charge in [0.1, 0.15) is 17.2 Å². The zero-order valence-corrected chi connectivity index (χ0v) is 17.9. The standard InChI is InChI=1S/C22H21N7O2S/c23-29-21(20-17-7-4-8-18(17)25-26-20)27-28-22(29)32-13-19(30)24-14-9-11-16(12-10-14)31-15-5-2-1-3-6-15/h1-3,5-6,9-12H,4,7-8,13,23H2,(H,24,30)(H,25,26). The topological polar surface area (TPSA) is 124 Å². The first kappa shape index (κ1) is 20.1. The van der Waals surface area contributed by atoms with Gasteiger partial charge in [-0.3, -0.25) is 9.89 Å². The molecular weight excluding hydrogens is 426 g/mol. The van der Waals surface area contributed by atoms with Crippen molar-refractivity contribution < 1.29 is 9.53 Å². The number of aromatic amines is 1. The number of H-pyrrole nitrogens is 1. The quantitative estimate of drug-likeness (QED) is 0.293. The van der Waals surface area contributed by atoms with Crippen LogP contribution in [-0.4, -0.2) is 36.7 Å². The molecule has 0 saturated carbocycles. The highest BCUT2D eigenvalue weighted by Crippen LogP contribution is 2.30. The molecule has 1 amide bonds. The van der Waals surface area contributed by atoms with Crippen LogP contribution in [0.2, 0.25) is 0 Å². The molecule has 1 aliphatic rings. The SMILES string of the molecule is Nn1c(SCC(=O)Nc2ccc(Oc3ccccc3)cc2)nnc1-c1n[nH]c2c1CCC2. The third kappa shape index (κ3) is 4.17. The predicted molar refractivity (Wildman–Crippen MR) is 122 cm³/mol. The van der Waals surface area contributed by atoms with E-state index in [2.05, 4.69) is 25.7 Å². The lowest BCUT2D eigenvalue weighted by Gasteiger charge is -2.08. The van der Waals surface area contributed by atoms with Crippen molar-refractivity contribution >= 4 is 23.4 Å². The molecule has 0 unspecified atom stereocenters. The molecule has 4 aromatic rings. The lowest BCUT2D eigenvalue weighted by atomic mass is 10.2. The molecule has 9 nitrogen and oxygen atoms in total. The van der Waals surface area contributed by atoms with Gasteiger partial charge in [-0.25, -0.2) is 4.68 Å². The van der Waals surface area contributed by atoms with Gasteiger partial charge in [0.05, 0.1) is 5.75 Å². The van der Waals surface area contributed by atoms with Crippen molar-refractivity contribution in [1.82, 2.24) is 25.1 Å². The van der Waals surface area contributed by atoms with Crippen LogP contribution in [0, 0.1) is 0 Å². The Kier molecular flexibility index (Phi) is 5.51. The fourth-order valence-electron chi connectivity index (χ4n) is 3.60. The maximum atomic E-state index is 12.4. The number of ether oxygens (including phenoxy) is 1. The van der Waals surface area contributed by atoms with Crippen molar-refractivity contribution in [2.24, 2.45) is 0 Å². The molecule has 5 rings (SSSR count). The molecule has 2 aromatic carbocycles. The average molecular weight is 448 g/mol. The summed E-state index contributed by atoms with van der Waals surface area (Å²) in [6.07, 6.45) is 3.03. The smallest absolute Gasteiger partial charge is 0.234 e. The summed E-state index contributed by atoms with van der Waals surface area (Å²) in [4.78, 5) is 12.4. The summed E-state index contributed by atoms with van der Waals surface area (Å²) in [5.41, 5.74) is 3.70. The second-order valence-electron chi connectivity index (χ2n) is 7.34. The number of carbonyl (C=O) groups is 1. The van der Waals surface area contributed by atoms with Crippen molar-refractivity contribution in [2.75, 3.05) is 16.9 Å². The molecule has 0 saturated heterocycles. The number of nitrogen functional groups attached to an aromatic ring is 1. The van der Waals surface area contributed by atoms with E-state index in [1.54, 1.807) is 24.3 Å². The first-order valence-electron chi connectivity index (χ1n) is 10.2. The number of fused-ring (bicyclic) bond motifs is 1. The van der Waals surface area contributed by atoms with Crippen LogP contribution in [-0.2, 0) is 17.6 Å². The number of para-hydroxylation sites is 1. The highest BCUT2D eigenvalue weighted by molar-refractivity contribution is 7.99. The molecule has 10 heteroatoms. The number of anilines is 1. The molecule has 0 aliphatic heterocycles. The number of thioether (sulfide) groups is 1. The Hall–Kier alpha value is -3.79. The Morgan fingerprint density at radius 3 is 2.69 bits per heavy atom. The van der Waals surface area contributed by atoms with Gasteiger partial charge in [0, 0.05) is 16.9 Å². The molecule has 0 atom stereocenters. The van der Waals surface area contributed by atoms with Crippen molar-refractivity contribution in [2.45, 2.75) is 24.4 Å². The van der Waals surface area contributed by atoms with Crippen LogP contribution in [0.3, 0.4) is 0 Å². The van der Waals surface area contributed by atoms with E-state index in [4.69, 9.17) is 10.6 Å². The Bertz CT molecular complexity index is 1240. The molecule has 162 valence electrons. The average Bonchev–Trinajstić information content (AvgIpc) is 3.51. The number of benzene rings is 2. The first-order chi connectivity index (χ1) is 15.7. The van der Waals surface area contributed by atoms with Gasteiger partial charge < -0.3 is 15.9 Å². The van der Waals surface area contributed by atoms with E-state index in [0.717, 1.165) is 42.0 Å². The second-order valence-corrected chi connectivity index (χ2v) is 8.28. The molecule has 2 aromatic heterocycles. The largest absolute Gasteiger partial charge is 0.457 e. The fourth-order valence-corrected chi connectivity index (χ4v) is 4.26. The third-order valence-corrected chi connectivity index (χ3v) is 6.08. The Labute approximate surface area is 188 Å². The van der Waals surface area contributed by atoms with Gasteiger partial charge in [-0.1, -0.05) is 30.0 Å². The van der Waals surface area contributed by atoms with Gasteiger partial charge in [-0.05, 0) is 55.7 Å². The fraction of sp³-hybridized carbons (Fsp3) is 0.182. The van der Waals surface area contributed by atoms with E-state index in [1.165, 1.54) is 16.4 Å². The number of nitrogens with two attached hydrogens (primary N) is 1. The summed E-state index contributed by atoms with van der Waals surface area (Å²) < 4.78 is 7.15. The number of rotatable bonds is 7. The van der Waals surface area contributed by atoms with Crippen LogP contribution < -0.4 is 15.9 Å². The van der Waals surface area contributed by atoms with E-state index in [0.29, 0.717) is 22.4 Å². The van der Waals surface area contributed by atoms with Crippen LogP contribution in [0.25, 0.3) is 11.5 Å². The highest BCUT2D eigenvalue weighted by Gasteiger charge is 2.24. The van der Waals surface area contributed by atoms with Crippen LogP contribution >= 0.6 is 11.8 Å². The number of aromatic nitrogens is 5. The van der Waals surface area contributed by atoms with Crippen LogP contribution in [0.5, 0.6) is 11.5 Å². The molecule has 0 fully saturated rings. The predicted octanol–water partition coefficient (Wildman–Crippen LogP) is 3.39. The Balaban J connectivity index is 1.17. The molecule has 0 spiro atoms. The molecule has 4 N–H and O–H groups in total. The monoisotopic (exact) mass is 447 g/mol. The van der Waals surface area contributed by atoms with Gasteiger partial charge in [0.15, 0.2) is 0 Å². The number of aryl methyl sites for hydroxylation is 1. The minimum atomic E-state index is -0.170. The van der Waals surface area contributed by atoms with E-state index < -0.39 is 0 Å². The summed E-state index contributed by atoms with van der Waals surface area (Å²) in [6, 6.07) is 16.7. The van der Waals surface area contributed by atoms with Crippen molar-refractivity contribution in [3.8, 4) is 23.0 Å². The summed E-state index contributed by atoms with van der Waals surface area (Å²) in [7, 11) is 0. The zero-order valence-electron chi connectivity index (χ0n) is 17.1. The van der Waals surface area contributed by atoms with E-state index in [9.17, 15) is 4.79 Å². The normalized spacial score (nSPS) is 12.5. The van der Waals surface area contributed by atoms with Crippen molar-refractivity contribution in [3.05, 3.63) is 65.9 Å². The minimum absolute atomic E-state index is 0.149. The third-order valence-electron chi connectivity index (χ3n) is 5.13. The van der Waals surface area contributed by atoms with Crippen LogP contribution in [0.15, 0.2) is 59.8 Å². The summed E-state index contributed by atoms with van der Waals surface area (Å²) >= 11 is 1.22. The number of hydrogen-bond acceptors (Lipinski definition) is 7. The molecule has 1 aliphatic carbocycles. The Morgan fingerprint density at radius 1 is 1.09 bits per heavy atom. The van der Waals surface area contributed by atoms with E-state index >= 15 is 0 Å². The van der Waals surface area contributed by atoms with Gasteiger partial charge in [-0.2, -0.15) is 5.10 Å². The van der Waals surface area contributed by atoms with E-state index in [1.807, 2.05) is 30.3 Å². The lowest BCUT2D eigenvalue weighted by molar-refractivity contribution is -0.113. The summed E-state index contributed by atoms with van der Waals surface area (Å²) in [5.74, 6) is 8.11. The van der Waals surface area contributed by atoms with Gasteiger partial charge >= 0.3 is 0 Å². The molecule has 0 radical (unpaired) electrons. The number of hydrogen-bond donors (Lipinski definition) is 3. The van der Waals surface area contributed by atoms with Gasteiger partial charge in [0.2, 0.25) is 16.9 Å². The van der Waals surface area contributed by atoms with Gasteiger partial charge in [0.25, 0.3) is 0 Å². The maximum Gasteiger partial charge on any atom is 0.234 e. The molecule has 2 heterocycles. The lowest BCUT2D eigenvalue weighted by Crippen LogP contribution is -2.16. The number of nitrogens with one attached hydrogen (secondary N) is 2. The van der Waals surface area contributed by atoms with Crippen molar-refractivity contribution in [1.29, 1.82) is 0 Å². The molecule has 0 bridgehead atoms. The summed E-state index contributed by atoms with van der Waals surface area (Å²) in [6.45, 7) is 0. The molecular formula is C22H21N7O2S. The van der Waals surface area contributed by atoms with Gasteiger partial charge in [-0.15, -0.1) is 10.2 Å². The van der Waals surface area contributed by atoms with Crippen molar-refractivity contribution in [3.63, 3.8) is 0 Å². The maximum absolute atomic E-state index is 12.4. The second kappa shape index (κ2) is 8.75. The number of carbonyl (C=O) groups excluding carboxylic acids is 1. The first-order valence-corrected chi connectivity index (χ1v) is 11.2. The Morgan fingerprint density at radius 2 is 1.88 bits per heavy atom. The zero-order chi connectivity index (χ0) is 21.9. The number of nitrogens with zero attached hydrogens (tertiary/aromatic N) is 4. The highest BCUT2D eigenvalue weighted by atomic mass is 32.2. The minimum Gasteiger partial charge on any atom is -0.457 e. The number of amides is 1. The van der Waals surface area contributed by atoms with Crippen LogP contribution in [0.1, 0.15) is 17.7 Å².